The van der Waals surface area contributed by atoms with Crippen molar-refractivity contribution in [3.63, 3.8) is 0 Å². The van der Waals surface area contributed by atoms with Crippen molar-refractivity contribution < 1.29 is 64.3 Å². The minimum Gasteiger partial charge on any atom is -0.547 e. The van der Waals surface area contributed by atoms with E-state index in [0.717, 1.165) is 5.52 Å². The van der Waals surface area contributed by atoms with E-state index >= 15 is 0 Å². The molecule has 1 fully saturated rings. The Bertz CT molecular complexity index is 691. The van der Waals surface area contributed by atoms with Crippen molar-refractivity contribution in [2.24, 2.45) is 0 Å². The monoisotopic (exact) mass is 331 g/mol. The van der Waals surface area contributed by atoms with Crippen LogP contribution in [0.4, 0.5) is 0 Å². The van der Waals surface area contributed by atoms with Gasteiger partial charge in [0.25, 0.3) is 0 Å². The summed E-state index contributed by atoms with van der Waals surface area (Å²) in [7, 11) is 0. The molecular weight excluding hydrogens is 317 g/mol. The molecule has 8 nitrogen and oxygen atoms in total. The second kappa shape index (κ2) is 7.18. The van der Waals surface area contributed by atoms with Crippen LogP contribution >= 0.6 is 0 Å². The summed E-state index contributed by atoms with van der Waals surface area (Å²) in [4.78, 5) is 13.9. The number of hydrogen-bond donors (Lipinski definition) is 4. The van der Waals surface area contributed by atoms with E-state index in [0.29, 0.717) is 11.1 Å². The zero-order chi connectivity index (χ0) is 15.9. The van der Waals surface area contributed by atoms with Crippen LogP contribution in [-0.2, 0) is 9.53 Å². The van der Waals surface area contributed by atoms with Crippen LogP contribution in [0.2, 0.25) is 0 Å². The number of aromatic nitrogens is 1. The third kappa shape index (κ3) is 3.38. The Morgan fingerprint density at radius 3 is 2.57 bits per heavy atom. The average Bonchev–Trinajstić information content (AvgIpc) is 2.91. The van der Waals surface area contributed by atoms with E-state index in [2.05, 4.69) is 4.98 Å². The second-order valence-electron chi connectivity index (χ2n) is 5.03. The van der Waals surface area contributed by atoms with Gasteiger partial charge in [0.2, 0.25) is 6.29 Å². The number of hydrogen-bond acceptors (Lipinski definition) is 7. The Hall–Kier alpha value is -1.13. The molecule has 2 aromatic rings. The molecule has 1 aliphatic heterocycles. The number of benzene rings is 1. The summed E-state index contributed by atoms with van der Waals surface area (Å²) >= 11 is 0. The quantitative estimate of drug-likeness (QED) is 0.414. The van der Waals surface area contributed by atoms with E-state index in [1.807, 2.05) is 12.1 Å². The van der Waals surface area contributed by atoms with Gasteiger partial charge in [-0.3, -0.25) is 0 Å². The Kier molecular flexibility index (Phi) is 5.69. The maximum atomic E-state index is 10.9. The topological polar surface area (TPSA) is 135 Å². The number of nitrogens with one attached hydrogen (secondary N) is 1. The second-order valence-corrected chi connectivity index (χ2v) is 5.03. The fourth-order valence-corrected chi connectivity index (χ4v) is 2.41. The van der Waals surface area contributed by atoms with Crippen molar-refractivity contribution >= 4 is 16.9 Å². The number of carboxylic acid groups (broad SMARTS) is 1. The van der Waals surface area contributed by atoms with Gasteiger partial charge in [0.15, 0.2) is 0 Å². The molecule has 0 aliphatic carbocycles. The molecule has 0 amide bonds. The molecular formula is C14H14NNaO7. The summed E-state index contributed by atoms with van der Waals surface area (Å²) in [5, 5.41) is 40.8. The van der Waals surface area contributed by atoms with Crippen LogP contribution < -0.4 is 39.4 Å². The molecule has 1 aromatic carbocycles. The Labute approximate surface area is 152 Å². The largest absolute Gasteiger partial charge is 1.00 e. The Morgan fingerprint density at radius 2 is 1.87 bits per heavy atom. The van der Waals surface area contributed by atoms with Gasteiger partial charge in [0.05, 0.1) is 5.97 Å². The number of carboxylic acids is 1. The summed E-state index contributed by atoms with van der Waals surface area (Å²) in [5.74, 6) is -1.38. The summed E-state index contributed by atoms with van der Waals surface area (Å²) in [6.07, 6.45) is -6.88. The van der Waals surface area contributed by atoms with Gasteiger partial charge < -0.3 is 39.7 Å². The predicted molar refractivity (Wildman–Crippen MR) is 70.6 cm³/mol. The van der Waals surface area contributed by atoms with Crippen molar-refractivity contribution in [2.75, 3.05) is 0 Å². The number of aromatic amines is 1. The third-order valence-corrected chi connectivity index (χ3v) is 3.60. The summed E-state index contributed by atoms with van der Waals surface area (Å²) in [6, 6.07) is 7.17. The molecule has 3 rings (SSSR count). The average molecular weight is 331 g/mol. The van der Waals surface area contributed by atoms with Gasteiger partial charge in [-0.2, -0.15) is 0 Å². The van der Waals surface area contributed by atoms with Crippen LogP contribution in [0.3, 0.4) is 0 Å². The molecule has 1 aromatic heterocycles. The van der Waals surface area contributed by atoms with Crippen molar-refractivity contribution in [1.82, 2.24) is 4.98 Å². The van der Waals surface area contributed by atoms with E-state index in [4.69, 9.17) is 9.47 Å². The normalized spacial score (nSPS) is 30.7. The number of carbonyl (C=O) groups excluding carboxylic acids is 1. The van der Waals surface area contributed by atoms with Gasteiger partial charge in [0, 0.05) is 17.1 Å². The fourth-order valence-electron chi connectivity index (χ4n) is 2.41. The maximum Gasteiger partial charge on any atom is 1.00 e. The third-order valence-electron chi connectivity index (χ3n) is 3.60. The first-order valence-electron chi connectivity index (χ1n) is 6.62. The molecule has 0 radical (unpaired) electrons. The van der Waals surface area contributed by atoms with Gasteiger partial charge in [-0.05, 0) is 12.1 Å². The maximum absolute atomic E-state index is 10.9. The number of fused-ring (bicyclic) bond motifs is 1. The molecule has 1 saturated heterocycles. The van der Waals surface area contributed by atoms with E-state index < -0.39 is 36.7 Å². The first kappa shape index (κ1) is 18.2. The number of aliphatic hydroxyl groups excluding tert-OH is 3. The van der Waals surface area contributed by atoms with Crippen molar-refractivity contribution in [1.29, 1.82) is 0 Å². The molecule has 2 heterocycles. The molecule has 5 atom stereocenters. The predicted octanol–water partition coefficient (Wildman–Crippen LogP) is -4.89. The first-order chi connectivity index (χ1) is 10.5. The van der Waals surface area contributed by atoms with Gasteiger partial charge in [0.1, 0.15) is 30.2 Å². The molecule has 0 spiro atoms. The zero-order valence-electron chi connectivity index (χ0n) is 12.2. The number of aliphatic carboxylic acids is 1. The molecule has 0 saturated carbocycles. The molecule has 0 bridgehead atoms. The summed E-state index contributed by atoms with van der Waals surface area (Å²) < 4.78 is 10.5. The Balaban J connectivity index is 0.00000192. The first-order valence-corrected chi connectivity index (χ1v) is 6.62. The van der Waals surface area contributed by atoms with Crippen LogP contribution in [0, 0.1) is 0 Å². The Morgan fingerprint density at radius 1 is 1.17 bits per heavy atom. The molecule has 23 heavy (non-hydrogen) atoms. The number of H-pyrrole nitrogens is 1. The number of carbonyl (C=O) groups is 1. The van der Waals surface area contributed by atoms with E-state index in [1.165, 1.54) is 6.20 Å². The molecule has 1 aliphatic rings. The number of ether oxygens (including phenoxy) is 2. The van der Waals surface area contributed by atoms with E-state index in [-0.39, 0.29) is 29.6 Å². The molecule has 5 unspecified atom stereocenters. The van der Waals surface area contributed by atoms with Crippen LogP contribution in [0.5, 0.6) is 5.75 Å². The minimum absolute atomic E-state index is 0. The van der Waals surface area contributed by atoms with Crippen molar-refractivity contribution in [3.8, 4) is 5.75 Å². The summed E-state index contributed by atoms with van der Waals surface area (Å²) in [6.45, 7) is 0. The van der Waals surface area contributed by atoms with E-state index in [9.17, 15) is 25.2 Å². The van der Waals surface area contributed by atoms with Crippen LogP contribution in [0.1, 0.15) is 0 Å². The van der Waals surface area contributed by atoms with Crippen LogP contribution in [0.15, 0.2) is 30.5 Å². The molecule has 4 N–H and O–H groups in total. The molecule has 9 heteroatoms. The standard InChI is InChI=1S/C14H15NO7.Na/c16-9-10(17)12(13(19)20)22-14(11(9)18)21-8-5-15-7-4-2-1-3-6(7)8;/h1-5,9-12,14-18H,(H,19,20);/q;+1/p-1. The number of aliphatic hydroxyl groups is 3. The zero-order valence-corrected chi connectivity index (χ0v) is 14.2. The van der Waals surface area contributed by atoms with Gasteiger partial charge >= 0.3 is 29.6 Å². The van der Waals surface area contributed by atoms with Crippen LogP contribution in [-0.4, -0.2) is 57.0 Å². The molecule has 118 valence electrons. The van der Waals surface area contributed by atoms with Gasteiger partial charge in [-0.1, -0.05) is 12.1 Å². The number of para-hydroxylation sites is 1. The fraction of sp³-hybridized carbons (Fsp3) is 0.357. The number of rotatable bonds is 3. The van der Waals surface area contributed by atoms with Gasteiger partial charge in [-0.25, -0.2) is 0 Å². The van der Waals surface area contributed by atoms with Crippen molar-refractivity contribution in [2.45, 2.75) is 30.7 Å². The minimum atomic E-state index is -1.80. The summed E-state index contributed by atoms with van der Waals surface area (Å²) in [5.41, 5.74) is 0.778. The van der Waals surface area contributed by atoms with Crippen molar-refractivity contribution in [3.05, 3.63) is 30.5 Å². The van der Waals surface area contributed by atoms with Crippen LogP contribution in [0.25, 0.3) is 10.9 Å². The SMILES string of the molecule is O=C([O-])C1OC(Oc2c[nH]c3ccccc23)C(O)C(O)C1O.[Na+]. The van der Waals surface area contributed by atoms with E-state index in [1.54, 1.807) is 12.1 Å². The smallest absolute Gasteiger partial charge is 0.547 e. The van der Waals surface area contributed by atoms with Gasteiger partial charge in [-0.15, -0.1) is 0 Å².